The molecule has 0 aromatic heterocycles. The van der Waals surface area contributed by atoms with Crippen LogP contribution < -0.4 is 10.5 Å². The molecule has 0 saturated heterocycles. The summed E-state index contributed by atoms with van der Waals surface area (Å²) < 4.78 is 27.4. The van der Waals surface area contributed by atoms with Gasteiger partial charge in [0.1, 0.15) is 5.75 Å². The molecule has 1 aliphatic carbocycles. The van der Waals surface area contributed by atoms with Crippen molar-refractivity contribution < 1.29 is 13.5 Å². The summed E-state index contributed by atoms with van der Waals surface area (Å²) in [5.74, 6) is 0.941. The molecule has 1 aliphatic rings. The molecule has 0 amide bonds. The third kappa shape index (κ3) is 3.43. The van der Waals surface area contributed by atoms with E-state index in [2.05, 4.69) is 18.6 Å². The molecule has 20 heavy (non-hydrogen) atoms. The number of nitrogens with two attached hydrogens (primary N) is 1. The van der Waals surface area contributed by atoms with E-state index in [0.29, 0.717) is 11.8 Å². The van der Waals surface area contributed by atoms with Crippen LogP contribution in [0.15, 0.2) is 23.1 Å². The molecule has 0 radical (unpaired) electrons. The van der Waals surface area contributed by atoms with Gasteiger partial charge in [0, 0.05) is 6.04 Å². The van der Waals surface area contributed by atoms with Crippen LogP contribution in [0.5, 0.6) is 5.75 Å². The highest BCUT2D eigenvalue weighted by Crippen LogP contribution is 2.30. The van der Waals surface area contributed by atoms with Crippen LogP contribution in [0.1, 0.15) is 33.1 Å². The number of nitrogens with one attached hydrogen (secondary N) is 1. The van der Waals surface area contributed by atoms with Crippen LogP contribution in [-0.2, 0) is 10.0 Å². The van der Waals surface area contributed by atoms with Gasteiger partial charge in [-0.05, 0) is 49.3 Å². The molecule has 2 unspecified atom stereocenters. The van der Waals surface area contributed by atoms with Crippen LogP contribution in [0, 0.1) is 11.8 Å². The van der Waals surface area contributed by atoms with E-state index >= 15 is 0 Å². The molecule has 0 heterocycles. The Hall–Kier alpha value is -1.27. The predicted octanol–water partition coefficient (Wildman–Crippen LogP) is 2.08. The lowest BCUT2D eigenvalue weighted by atomic mass is 9.81. The van der Waals surface area contributed by atoms with E-state index < -0.39 is 10.0 Å². The lowest BCUT2D eigenvalue weighted by molar-refractivity contribution is 0.257. The Kier molecular flexibility index (Phi) is 4.25. The van der Waals surface area contributed by atoms with Gasteiger partial charge in [0.15, 0.2) is 0 Å². The van der Waals surface area contributed by atoms with Crippen molar-refractivity contribution >= 4 is 15.7 Å². The lowest BCUT2D eigenvalue weighted by Gasteiger charge is -2.31. The highest BCUT2D eigenvalue weighted by atomic mass is 32.2. The maximum absolute atomic E-state index is 12.3. The normalized spacial score (nSPS) is 27.4. The van der Waals surface area contributed by atoms with Gasteiger partial charge in [-0.25, -0.2) is 13.1 Å². The van der Waals surface area contributed by atoms with Gasteiger partial charge in [-0.2, -0.15) is 0 Å². The third-order valence-corrected chi connectivity index (χ3v) is 5.33. The summed E-state index contributed by atoms with van der Waals surface area (Å²) in [6.45, 7) is 4.30. The minimum Gasteiger partial charge on any atom is -0.506 e. The molecule has 4 N–H and O–H groups in total. The maximum Gasteiger partial charge on any atom is 0.240 e. The molecule has 112 valence electrons. The molecule has 6 heteroatoms. The van der Waals surface area contributed by atoms with E-state index in [0.717, 1.165) is 19.3 Å². The Morgan fingerprint density at radius 3 is 2.35 bits per heavy atom. The number of benzene rings is 1. The number of hydrogen-bond donors (Lipinski definition) is 3. The second kappa shape index (κ2) is 5.61. The Labute approximate surface area is 120 Å². The van der Waals surface area contributed by atoms with Crippen molar-refractivity contribution in [2.45, 2.75) is 44.0 Å². The van der Waals surface area contributed by atoms with E-state index in [4.69, 9.17) is 5.73 Å². The quantitative estimate of drug-likeness (QED) is 0.588. The van der Waals surface area contributed by atoms with E-state index in [-0.39, 0.29) is 22.4 Å². The molecular weight excluding hydrogens is 276 g/mol. The Morgan fingerprint density at radius 2 is 1.80 bits per heavy atom. The van der Waals surface area contributed by atoms with Gasteiger partial charge < -0.3 is 10.8 Å². The van der Waals surface area contributed by atoms with E-state index in [1.165, 1.54) is 18.2 Å². The monoisotopic (exact) mass is 298 g/mol. The summed E-state index contributed by atoms with van der Waals surface area (Å²) in [6.07, 6.45) is 2.86. The second-order valence-corrected chi connectivity index (χ2v) is 7.67. The summed E-state index contributed by atoms with van der Waals surface area (Å²) >= 11 is 0. The van der Waals surface area contributed by atoms with Crippen LogP contribution >= 0.6 is 0 Å². The van der Waals surface area contributed by atoms with Crippen LogP contribution in [0.3, 0.4) is 0 Å². The van der Waals surface area contributed by atoms with Crippen molar-refractivity contribution in [1.82, 2.24) is 4.72 Å². The van der Waals surface area contributed by atoms with Gasteiger partial charge in [0.2, 0.25) is 10.0 Å². The number of sulfonamides is 1. The number of anilines is 1. The zero-order chi connectivity index (χ0) is 14.9. The number of nitrogen functional groups attached to an aromatic ring is 1. The van der Waals surface area contributed by atoms with Gasteiger partial charge in [0.05, 0.1) is 10.6 Å². The average molecular weight is 298 g/mol. The number of rotatable bonds is 3. The van der Waals surface area contributed by atoms with Crippen molar-refractivity contribution in [2.75, 3.05) is 5.73 Å². The molecule has 1 fully saturated rings. The second-order valence-electron chi connectivity index (χ2n) is 5.96. The van der Waals surface area contributed by atoms with E-state index in [1.807, 2.05) is 0 Å². The third-order valence-electron chi connectivity index (χ3n) is 3.81. The smallest absolute Gasteiger partial charge is 0.240 e. The van der Waals surface area contributed by atoms with Gasteiger partial charge in [-0.3, -0.25) is 0 Å². The molecule has 0 bridgehead atoms. The molecule has 0 aliphatic heterocycles. The summed E-state index contributed by atoms with van der Waals surface area (Å²) in [7, 11) is -3.59. The standard InChI is InChI=1S/C14H22N2O3S/c1-9-5-10(2)7-11(6-9)16-20(18,19)12-3-4-14(17)13(15)8-12/h3-4,8-11,16-17H,5-7,15H2,1-2H3. The Morgan fingerprint density at radius 1 is 1.20 bits per heavy atom. The van der Waals surface area contributed by atoms with Gasteiger partial charge >= 0.3 is 0 Å². The van der Waals surface area contributed by atoms with Crippen LogP contribution in [0.25, 0.3) is 0 Å². The fourth-order valence-corrected chi connectivity index (χ4v) is 4.33. The van der Waals surface area contributed by atoms with Crippen LogP contribution in [-0.4, -0.2) is 19.6 Å². The summed E-state index contributed by atoms with van der Waals surface area (Å²) in [4.78, 5) is 0.0960. The molecule has 1 saturated carbocycles. The first-order valence-corrected chi connectivity index (χ1v) is 8.37. The minimum atomic E-state index is -3.59. The number of phenols is 1. The van der Waals surface area contributed by atoms with Crippen molar-refractivity contribution in [1.29, 1.82) is 0 Å². The first-order chi connectivity index (χ1) is 9.28. The number of hydrogen-bond acceptors (Lipinski definition) is 4. The van der Waals surface area contributed by atoms with Crippen molar-refractivity contribution in [3.05, 3.63) is 18.2 Å². The molecule has 1 aromatic rings. The van der Waals surface area contributed by atoms with Gasteiger partial charge in [0.25, 0.3) is 0 Å². The Balaban J connectivity index is 2.16. The first-order valence-electron chi connectivity index (χ1n) is 6.88. The fourth-order valence-electron chi connectivity index (χ4n) is 3.03. The van der Waals surface area contributed by atoms with Crippen LogP contribution in [0.2, 0.25) is 0 Å². The largest absolute Gasteiger partial charge is 0.506 e. The zero-order valence-electron chi connectivity index (χ0n) is 11.8. The SMILES string of the molecule is CC1CC(C)CC(NS(=O)(=O)c2ccc(O)c(N)c2)C1. The first kappa shape index (κ1) is 15.1. The van der Waals surface area contributed by atoms with Crippen molar-refractivity contribution in [3.63, 3.8) is 0 Å². The summed E-state index contributed by atoms with van der Waals surface area (Å²) in [5, 5.41) is 9.36. The molecule has 1 aromatic carbocycles. The molecular formula is C14H22N2O3S. The predicted molar refractivity (Wildman–Crippen MR) is 78.8 cm³/mol. The minimum absolute atomic E-state index is 0.0335. The van der Waals surface area contributed by atoms with Gasteiger partial charge in [-0.1, -0.05) is 13.8 Å². The number of aromatic hydroxyl groups is 1. The highest BCUT2D eigenvalue weighted by molar-refractivity contribution is 7.89. The number of phenolic OH excluding ortho intramolecular Hbond substituents is 1. The topological polar surface area (TPSA) is 92.4 Å². The molecule has 2 atom stereocenters. The molecule has 0 spiro atoms. The molecule has 5 nitrogen and oxygen atoms in total. The van der Waals surface area contributed by atoms with Crippen molar-refractivity contribution in [3.8, 4) is 5.75 Å². The fraction of sp³-hybridized carbons (Fsp3) is 0.571. The summed E-state index contributed by atoms with van der Waals surface area (Å²) in [6, 6.07) is 3.92. The van der Waals surface area contributed by atoms with Crippen molar-refractivity contribution in [2.24, 2.45) is 11.8 Å². The highest BCUT2D eigenvalue weighted by Gasteiger charge is 2.28. The van der Waals surface area contributed by atoms with Gasteiger partial charge in [-0.15, -0.1) is 0 Å². The zero-order valence-corrected chi connectivity index (χ0v) is 12.7. The van der Waals surface area contributed by atoms with E-state index in [9.17, 15) is 13.5 Å². The molecule has 2 rings (SSSR count). The Bertz CT molecular complexity index is 576. The average Bonchev–Trinajstić information content (AvgIpc) is 2.30. The summed E-state index contributed by atoms with van der Waals surface area (Å²) in [5.41, 5.74) is 5.62. The lowest BCUT2D eigenvalue weighted by Crippen LogP contribution is -2.39. The maximum atomic E-state index is 12.3. The van der Waals surface area contributed by atoms with Crippen LogP contribution in [0.4, 0.5) is 5.69 Å². The van der Waals surface area contributed by atoms with E-state index in [1.54, 1.807) is 0 Å².